The summed E-state index contributed by atoms with van der Waals surface area (Å²) < 4.78 is 0. The molecule has 1 aliphatic rings. The Morgan fingerprint density at radius 3 is 2.71 bits per heavy atom. The number of hydrogen-bond donors (Lipinski definition) is 2. The molecule has 1 aromatic carbocycles. The fraction of sp³-hybridized carbons (Fsp3) is 0.480. The number of hydrogen-bond acceptors (Lipinski definition) is 5. The van der Waals surface area contributed by atoms with Gasteiger partial charge in [0.1, 0.15) is 5.65 Å². The second kappa shape index (κ2) is 9.94. The first kappa shape index (κ1) is 21.3. The van der Waals surface area contributed by atoms with E-state index in [-0.39, 0.29) is 5.56 Å². The number of benzene rings is 1. The molecule has 6 heteroatoms. The third kappa shape index (κ3) is 5.43. The number of aromatic nitrogens is 3. The van der Waals surface area contributed by atoms with Crippen molar-refractivity contribution in [2.24, 2.45) is 5.92 Å². The van der Waals surface area contributed by atoms with Gasteiger partial charge < -0.3 is 15.2 Å². The van der Waals surface area contributed by atoms with E-state index in [1.165, 1.54) is 37.8 Å². The summed E-state index contributed by atoms with van der Waals surface area (Å²) in [6.45, 7) is 6.78. The fourth-order valence-electron chi connectivity index (χ4n) is 4.38. The molecule has 6 nitrogen and oxygen atoms in total. The lowest BCUT2D eigenvalue weighted by molar-refractivity contribution is 0.447. The van der Waals surface area contributed by atoms with E-state index >= 15 is 0 Å². The van der Waals surface area contributed by atoms with Crippen molar-refractivity contribution >= 4 is 28.4 Å². The molecule has 4 rings (SSSR count). The molecule has 0 aliphatic carbocycles. The Hall–Kier alpha value is -2.89. The lowest BCUT2D eigenvalue weighted by atomic mass is 10.00. The molecular weight excluding hydrogens is 386 g/mol. The van der Waals surface area contributed by atoms with Crippen LogP contribution in [0.3, 0.4) is 0 Å². The van der Waals surface area contributed by atoms with Crippen LogP contribution in [-0.4, -0.2) is 28.0 Å². The van der Waals surface area contributed by atoms with Crippen LogP contribution in [0.5, 0.6) is 0 Å². The second-order valence-electron chi connectivity index (χ2n) is 8.75. The van der Waals surface area contributed by atoms with Crippen LogP contribution < -0.4 is 15.8 Å². The molecule has 3 aromatic rings. The molecule has 1 fully saturated rings. The summed E-state index contributed by atoms with van der Waals surface area (Å²) in [4.78, 5) is 26.5. The fourth-order valence-corrected chi connectivity index (χ4v) is 4.38. The van der Waals surface area contributed by atoms with Crippen molar-refractivity contribution in [3.63, 3.8) is 0 Å². The van der Waals surface area contributed by atoms with Gasteiger partial charge in [-0.05, 0) is 61.9 Å². The summed E-state index contributed by atoms with van der Waals surface area (Å²) in [5.74, 6) is 1.27. The van der Waals surface area contributed by atoms with E-state index in [0.717, 1.165) is 48.6 Å². The van der Waals surface area contributed by atoms with Crippen LogP contribution in [0.2, 0.25) is 0 Å². The standard InChI is InChI=1S/C25H33N5O/c1-3-4-5-6-9-22-21-14-15-23(31)28-24(21)29-25(27-22)26-19-10-12-20(13-11-19)30-16-7-8-18(2)17-30/h10-15,18H,3-9,16-17H2,1-2H3,(H2,26,27,28,29,31). The summed E-state index contributed by atoms with van der Waals surface area (Å²) in [7, 11) is 0. The summed E-state index contributed by atoms with van der Waals surface area (Å²) in [6, 6.07) is 11.9. The Balaban J connectivity index is 1.53. The molecular formula is C25H33N5O. The van der Waals surface area contributed by atoms with Crippen molar-refractivity contribution in [2.75, 3.05) is 23.3 Å². The zero-order valence-corrected chi connectivity index (χ0v) is 18.7. The zero-order valence-electron chi connectivity index (χ0n) is 18.7. The highest BCUT2D eigenvalue weighted by atomic mass is 16.1. The predicted octanol–water partition coefficient (Wildman–Crippen LogP) is 5.42. The van der Waals surface area contributed by atoms with Gasteiger partial charge in [-0.3, -0.25) is 4.79 Å². The number of rotatable bonds is 8. The molecule has 2 N–H and O–H groups in total. The summed E-state index contributed by atoms with van der Waals surface area (Å²) >= 11 is 0. The minimum absolute atomic E-state index is 0.144. The van der Waals surface area contributed by atoms with E-state index in [9.17, 15) is 4.79 Å². The predicted molar refractivity (Wildman–Crippen MR) is 128 cm³/mol. The highest BCUT2D eigenvalue weighted by molar-refractivity contribution is 5.78. The first-order valence-electron chi connectivity index (χ1n) is 11.6. The van der Waals surface area contributed by atoms with Gasteiger partial charge in [0.2, 0.25) is 11.5 Å². The molecule has 0 amide bonds. The van der Waals surface area contributed by atoms with Crippen LogP contribution in [0, 0.1) is 5.92 Å². The van der Waals surface area contributed by atoms with Gasteiger partial charge >= 0.3 is 0 Å². The number of unbranched alkanes of at least 4 members (excludes halogenated alkanes) is 3. The molecule has 0 bridgehead atoms. The number of fused-ring (bicyclic) bond motifs is 1. The number of anilines is 3. The molecule has 2 aromatic heterocycles. The van der Waals surface area contributed by atoms with Gasteiger partial charge in [0, 0.05) is 35.9 Å². The van der Waals surface area contributed by atoms with Crippen LogP contribution in [0.4, 0.5) is 17.3 Å². The Kier molecular flexibility index (Phi) is 6.85. The molecule has 164 valence electrons. The van der Waals surface area contributed by atoms with Gasteiger partial charge in [0.05, 0.1) is 5.69 Å². The average molecular weight is 420 g/mol. The summed E-state index contributed by atoms with van der Waals surface area (Å²) in [5.41, 5.74) is 3.64. The third-order valence-corrected chi connectivity index (χ3v) is 6.08. The maximum Gasteiger partial charge on any atom is 0.249 e. The Bertz CT molecular complexity index is 1060. The quantitative estimate of drug-likeness (QED) is 0.477. The SMILES string of the molecule is CCCCCCc1nc(Nc2ccc(N3CCCC(C)C3)cc2)nc2[nH]c(=O)ccc12. The lowest BCUT2D eigenvalue weighted by Crippen LogP contribution is -2.34. The number of H-pyrrole nitrogens is 1. The molecule has 1 aliphatic heterocycles. The second-order valence-corrected chi connectivity index (χ2v) is 8.75. The Morgan fingerprint density at radius 1 is 1.10 bits per heavy atom. The molecule has 0 radical (unpaired) electrons. The number of nitrogens with one attached hydrogen (secondary N) is 2. The number of piperidine rings is 1. The van der Waals surface area contributed by atoms with Crippen molar-refractivity contribution in [3.8, 4) is 0 Å². The normalized spacial score (nSPS) is 16.6. The number of aryl methyl sites for hydroxylation is 1. The van der Waals surface area contributed by atoms with E-state index in [1.807, 2.05) is 6.07 Å². The molecule has 1 saturated heterocycles. The van der Waals surface area contributed by atoms with Gasteiger partial charge in [-0.25, -0.2) is 4.98 Å². The number of nitrogens with zero attached hydrogens (tertiary/aromatic N) is 3. The van der Waals surface area contributed by atoms with Gasteiger partial charge in [0.15, 0.2) is 0 Å². The molecule has 31 heavy (non-hydrogen) atoms. The van der Waals surface area contributed by atoms with Crippen molar-refractivity contribution < 1.29 is 0 Å². The van der Waals surface area contributed by atoms with Gasteiger partial charge in [-0.1, -0.05) is 33.1 Å². The number of aromatic amines is 1. The van der Waals surface area contributed by atoms with Gasteiger partial charge in [-0.15, -0.1) is 0 Å². The van der Waals surface area contributed by atoms with E-state index in [2.05, 4.69) is 58.3 Å². The van der Waals surface area contributed by atoms with Crippen LogP contribution in [0.25, 0.3) is 11.0 Å². The summed E-state index contributed by atoms with van der Waals surface area (Å²) in [6.07, 6.45) is 8.16. The molecule has 3 heterocycles. The van der Waals surface area contributed by atoms with Crippen molar-refractivity contribution in [3.05, 3.63) is 52.4 Å². The Morgan fingerprint density at radius 2 is 1.94 bits per heavy atom. The van der Waals surface area contributed by atoms with Crippen LogP contribution in [0.1, 0.15) is 58.1 Å². The third-order valence-electron chi connectivity index (χ3n) is 6.08. The monoisotopic (exact) mass is 419 g/mol. The minimum atomic E-state index is -0.144. The summed E-state index contributed by atoms with van der Waals surface area (Å²) in [5, 5.41) is 4.26. The molecule has 1 unspecified atom stereocenters. The molecule has 0 saturated carbocycles. The largest absolute Gasteiger partial charge is 0.371 e. The van der Waals surface area contributed by atoms with E-state index in [0.29, 0.717) is 11.6 Å². The zero-order chi connectivity index (χ0) is 21.6. The lowest BCUT2D eigenvalue weighted by Gasteiger charge is -2.32. The van der Waals surface area contributed by atoms with Crippen molar-refractivity contribution in [2.45, 2.75) is 58.8 Å². The molecule has 1 atom stereocenters. The highest BCUT2D eigenvalue weighted by Gasteiger charge is 2.16. The average Bonchev–Trinajstić information content (AvgIpc) is 2.77. The molecule has 0 spiro atoms. The minimum Gasteiger partial charge on any atom is -0.371 e. The topological polar surface area (TPSA) is 73.9 Å². The van der Waals surface area contributed by atoms with E-state index in [4.69, 9.17) is 4.98 Å². The van der Waals surface area contributed by atoms with Crippen molar-refractivity contribution in [1.82, 2.24) is 15.0 Å². The van der Waals surface area contributed by atoms with Gasteiger partial charge in [0.25, 0.3) is 0 Å². The maximum atomic E-state index is 11.8. The van der Waals surface area contributed by atoms with Crippen LogP contribution in [0.15, 0.2) is 41.2 Å². The van der Waals surface area contributed by atoms with Crippen LogP contribution >= 0.6 is 0 Å². The first-order chi connectivity index (χ1) is 15.1. The number of pyridine rings is 1. The van der Waals surface area contributed by atoms with E-state index in [1.54, 1.807) is 6.07 Å². The first-order valence-corrected chi connectivity index (χ1v) is 11.6. The highest BCUT2D eigenvalue weighted by Crippen LogP contribution is 2.26. The van der Waals surface area contributed by atoms with Crippen molar-refractivity contribution in [1.29, 1.82) is 0 Å². The smallest absolute Gasteiger partial charge is 0.249 e. The van der Waals surface area contributed by atoms with Crippen LogP contribution in [-0.2, 0) is 6.42 Å². The Labute approximate surface area is 184 Å². The maximum absolute atomic E-state index is 11.8. The van der Waals surface area contributed by atoms with Gasteiger partial charge in [-0.2, -0.15) is 4.98 Å². The van der Waals surface area contributed by atoms with E-state index < -0.39 is 0 Å².